The van der Waals surface area contributed by atoms with E-state index in [0.717, 1.165) is 43.3 Å². The molecule has 0 saturated carbocycles. The standard InChI is InChI=1S/C20H26ClN3O2/c1-20(2,3)17-11-18(23-26-17)22-19(25)15-5-4-10-24(13-15)12-14-6-8-16(21)9-7-14/h6-9,11,15H,4-5,10,12-13H2,1-3H3,(H,22,23,25). The smallest absolute Gasteiger partial charge is 0.230 e. The molecule has 1 atom stereocenters. The van der Waals surface area contributed by atoms with Crippen molar-refractivity contribution in [3.8, 4) is 0 Å². The second-order valence-corrected chi connectivity index (χ2v) is 8.45. The highest BCUT2D eigenvalue weighted by Gasteiger charge is 2.27. The van der Waals surface area contributed by atoms with E-state index in [2.05, 4.69) is 36.1 Å². The van der Waals surface area contributed by atoms with Crippen LogP contribution in [-0.2, 0) is 16.8 Å². The van der Waals surface area contributed by atoms with Crippen LogP contribution in [0.4, 0.5) is 5.82 Å². The van der Waals surface area contributed by atoms with Crippen LogP contribution in [0.5, 0.6) is 0 Å². The van der Waals surface area contributed by atoms with Gasteiger partial charge >= 0.3 is 0 Å². The van der Waals surface area contributed by atoms with E-state index in [4.69, 9.17) is 16.1 Å². The highest BCUT2D eigenvalue weighted by Crippen LogP contribution is 2.25. The van der Waals surface area contributed by atoms with Crippen molar-refractivity contribution in [3.05, 3.63) is 46.7 Å². The van der Waals surface area contributed by atoms with Crippen LogP contribution in [-0.4, -0.2) is 29.1 Å². The number of nitrogens with zero attached hydrogens (tertiary/aromatic N) is 2. The molecule has 1 saturated heterocycles. The molecule has 1 unspecified atom stereocenters. The first kappa shape index (κ1) is 18.9. The third kappa shape index (κ3) is 4.86. The summed E-state index contributed by atoms with van der Waals surface area (Å²) in [4.78, 5) is 15.0. The van der Waals surface area contributed by atoms with Gasteiger partial charge in [-0.05, 0) is 37.1 Å². The summed E-state index contributed by atoms with van der Waals surface area (Å²) in [7, 11) is 0. The third-order valence-electron chi connectivity index (χ3n) is 4.70. The average molecular weight is 376 g/mol. The number of benzene rings is 1. The number of halogens is 1. The lowest BCUT2D eigenvalue weighted by Crippen LogP contribution is -2.40. The molecule has 1 amide bonds. The van der Waals surface area contributed by atoms with E-state index in [9.17, 15) is 4.79 Å². The topological polar surface area (TPSA) is 58.4 Å². The lowest BCUT2D eigenvalue weighted by molar-refractivity contribution is -0.121. The molecule has 1 aromatic carbocycles. The molecule has 0 radical (unpaired) electrons. The van der Waals surface area contributed by atoms with Crippen molar-refractivity contribution in [1.29, 1.82) is 0 Å². The molecule has 1 fully saturated rings. The molecule has 6 heteroatoms. The number of carbonyl (C=O) groups is 1. The largest absolute Gasteiger partial charge is 0.359 e. The summed E-state index contributed by atoms with van der Waals surface area (Å²) >= 11 is 5.95. The van der Waals surface area contributed by atoms with Crippen LogP contribution < -0.4 is 5.32 Å². The fourth-order valence-electron chi connectivity index (χ4n) is 3.18. The Labute approximate surface area is 159 Å². The van der Waals surface area contributed by atoms with Gasteiger partial charge in [0.2, 0.25) is 5.91 Å². The zero-order valence-electron chi connectivity index (χ0n) is 15.6. The fourth-order valence-corrected chi connectivity index (χ4v) is 3.30. The van der Waals surface area contributed by atoms with E-state index < -0.39 is 0 Å². The quantitative estimate of drug-likeness (QED) is 0.856. The van der Waals surface area contributed by atoms with E-state index in [1.807, 2.05) is 30.3 Å². The number of aromatic nitrogens is 1. The summed E-state index contributed by atoms with van der Waals surface area (Å²) < 4.78 is 5.34. The molecular formula is C20H26ClN3O2. The summed E-state index contributed by atoms with van der Waals surface area (Å²) in [5, 5.41) is 7.63. The Morgan fingerprint density at radius 2 is 2.08 bits per heavy atom. The molecule has 0 spiro atoms. The molecule has 140 valence electrons. The van der Waals surface area contributed by atoms with Gasteiger partial charge in [0.1, 0.15) is 5.76 Å². The van der Waals surface area contributed by atoms with Crippen LogP contribution in [0.1, 0.15) is 44.9 Å². The number of piperidine rings is 1. The van der Waals surface area contributed by atoms with E-state index >= 15 is 0 Å². The molecule has 1 N–H and O–H groups in total. The minimum absolute atomic E-state index is 0.0135. The van der Waals surface area contributed by atoms with E-state index in [0.29, 0.717) is 5.82 Å². The second-order valence-electron chi connectivity index (χ2n) is 8.02. The predicted octanol–water partition coefficient (Wildman–Crippen LogP) is 4.48. The zero-order chi connectivity index (χ0) is 18.7. The minimum atomic E-state index is -0.129. The zero-order valence-corrected chi connectivity index (χ0v) is 16.3. The maximum Gasteiger partial charge on any atom is 0.230 e. The fraction of sp³-hybridized carbons (Fsp3) is 0.500. The molecule has 26 heavy (non-hydrogen) atoms. The van der Waals surface area contributed by atoms with Crippen LogP contribution in [0, 0.1) is 5.92 Å². The van der Waals surface area contributed by atoms with Crippen molar-refractivity contribution in [3.63, 3.8) is 0 Å². The summed E-state index contributed by atoms with van der Waals surface area (Å²) in [6.45, 7) is 8.74. The van der Waals surface area contributed by atoms with Crippen LogP contribution in [0.25, 0.3) is 0 Å². The van der Waals surface area contributed by atoms with E-state index in [-0.39, 0.29) is 17.2 Å². The van der Waals surface area contributed by atoms with Gasteiger partial charge in [-0.3, -0.25) is 9.69 Å². The summed E-state index contributed by atoms with van der Waals surface area (Å²) in [6.07, 6.45) is 1.91. The number of anilines is 1. The van der Waals surface area contributed by atoms with E-state index in [1.54, 1.807) is 0 Å². The van der Waals surface area contributed by atoms with Gasteiger partial charge in [-0.1, -0.05) is 49.7 Å². The predicted molar refractivity (Wildman–Crippen MR) is 103 cm³/mol. The number of amides is 1. The number of likely N-dealkylation sites (tertiary alicyclic amines) is 1. The maximum absolute atomic E-state index is 12.6. The molecule has 2 heterocycles. The molecule has 1 aliphatic rings. The Morgan fingerprint density at radius 3 is 2.73 bits per heavy atom. The first-order valence-corrected chi connectivity index (χ1v) is 9.44. The molecule has 1 aliphatic heterocycles. The van der Waals surface area contributed by atoms with Crippen LogP contribution >= 0.6 is 11.6 Å². The summed E-state index contributed by atoms with van der Waals surface area (Å²) in [6, 6.07) is 9.70. The Hall–Kier alpha value is -1.85. The molecule has 3 rings (SSSR count). The van der Waals surface area contributed by atoms with Gasteiger partial charge in [0.15, 0.2) is 5.82 Å². The second kappa shape index (κ2) is 7.80. The molecular weight excluding hydrogens is 350 g/mol. The van der Waals surface area contributed by atoms with Crippen molar-refractivity contribution in [2.24, 2.45) is 5.92 Å². The molecule has 0 aliphatic carbocycles. The SMILES string of the molecule is CC(C)(C)c1cc(NC(=O)C2CCCN(Cc3ccc(Cl)cc3)C2)no1. The molecule has 0 bridgehead atoms. The number of hydrogen-bond donors (Lipinski definition) is 1. The monoisotopic (exact) mass is 375 g/mol. The van der Waals surface area contributed by atoms with Crippen molar-refractivity contribution < 1.29 is 9.32 Å². The van der Waals surface area contributed by atoms with Crippen LogP contribution in [0.15, 0.2) is 34.9 Å². The van der Waals surface area contributed by atoms with Crippen LogP contribution in [0.3, 0.4) is 0 Å². The van der Waals surface area contributed by atoms with Crippen molar-refractivity contribution in [2.45, 2.75) is 45.6 Å². The van der Waals surface area contributed by atoms with Crippen molar-refractivity contribution in [1.82, 2.24) is 10.1 Å². The summed E-state index contributed by atoms with van der Waals surface area (Å²) in [5.41, 5.74) is 1.08. The van der Waals surface area contributed by atoms with Crippen molar-refractivity contribution in [2.75, 3.05) is 18.4 Å². The normalized spacial score (nSPS) is 18.7. The number of carbonyl (C=O) groups excluding carboxylic acids is 1. The Kier molecular flexibility index (Phi) is 5.68. The van der Waals surface area contributed by atoms with Gasteiger partial charge < -0.3 is 9.84 Å². The number of nitrogens with one attached hydrogen (secondary N) is 1. The van der Waals surface area contributed by atoms with Gasteiger partial charge in [-0.2, -0.15) is 0 Å². The molecule has 1 aromatic heterocycles. The van der Waals surface area contributed by atoms with Gasteiger partial charge in [-0.25, -0.2) is 0 Å². The van der Waals surface area contributed by atoms with Gasteiger partial charge in [0.05, 0.1) is 5.92 Å². The highest BCUT2D eigenvalue weighted by atomic mass is 35.5. The minimum Gasteiger partial charge on any atom is -0.359 e. The maximum atomic E-state index is 12.6. The first-order valence-electron chi connectivity index (χ1n) is 9.06. The van der Waals surface area contributed by atoms with Gasteiger partial charge in [-0.15, -0.1) is 0 Å². The third-order valence-corrected chi connectivity index (χ3v) is 4.95. The van der Waals surface area contributed by atoms with E-state index in [1.165, 1.54) is 5.56 Å². The molecule has 2 aromatic rings. The highest BCUT2D eigenvalue weighted by molar-refractivity contribution is 6.30. The van der Waals surface area contributed by atoms with Gasteiger partial charge in [0.25, 0.3) is 0 Å². The average Bonchev–Trinajstić information content (AvgIpc) is 3.06. The number of rotatable bonds is 4. The first-order chi connectivity index (χ1) is 12.3. The lowest BCUT2D eigenvalue weighted by Gasteiger charge is -2.31. The molecule has 5 nitrogen and oxygen atoms in total. The Bertz CT molecular complexity index is 749. The lowest BCUT2D eigenvalue weighted by atomic mass is 9.93. The summed E-state index contributed by atoms with van der Waals surface area (Å²) in [5.74, 6) is 1.24. The Morgan fingerprint density at radius 1 is 1.35 bits per heavy atom. The number of hydrogen-bond acceptors (Lipinski definition) is 4. The Balaban J connectivity index is 1.57. The van der Waals surface area contributed by atoms with Crippen LogP contribution in [0.2, 0.25) is 5.02 Å². The van der Waals surface area contributed by atoms with Crippen molar-refractivity contribution >= 4 is 23.3 Å². The van der Waals surface area contributed by atoms with Gasteiger partial charge in [0, 0.05) is 29.6 Å².